The lowest BCUT2D eigenvalue weighted by Crippen LogP contribution is -2.29. The molecule has 1 aromatic carbocycles. The van der Waals surface area contributed by atoms with E-state index in [9.17, 15) is 9.59 Å². The molecule has 0 spiro atoms. The number of hydrogen-bond donors (Lipinski definition) is 2. The molecule has 24 heavy (non-hydrogen) atoms. The topological polar surface area (TPSA) is 102 Å². The molecule has 126 valence electrons. The quantitative estimate of drug-likeness (QED) is 0.826. The number of anilines is 1. The molecule has 3 rings (SSSR count). The molecule has 0 radical (unpaired) electrons. The van der Waals surface area contributed by atoms with Gasteiger partial charge in [-0.1, -0.05) is 13.0 Å². The van der Waals surface area contributed by atoms with Gasteiger partial charge >= 0.3 is 0 Å². The largest absolute Gasteiger partial charge is 0.355 e. The van der Waals surface area contributed by atoms with E-state index in [-0.39, 0.29) is 24.2 Å². The zero-order valence-electron chi connectivity index (χ0n) is 13.7. The van der Waals surface area contributed by atoms with Gasteiger partial charge in [-0.05, 0) is 47.4 Å². The smallest absolute Gasteiger partial charge is 0.226 e. The first-order valence-corrected chi connectivity index (χ1v) is 7.96. The first-order chi connectivity index (χ1) is 11.5. The maximum Gasteiger partial charge on any atom is 0.226 e. The minimum absolute atomic E-state index is 0.0478. The van der Waals surface area contributed by atoms with Gasteiger partial charge in [0.1, 0.15) is 6.33 Å². The molecule has 8 heteroatoms. The zero-order valence-corrected chi connectivity index (χ0v) is 13.7. The number of nitrogens with one attached hydrogen (secondary N) is 2. The number of carbonyl (C=O) groups excluding carboxylic acids is 2. The average molecular weight is 328 g/mol. The fourth-order valence-electron chi connectivity index (χ4n) is 2.55. The monoisotopic (exact) mass is 328 g/mol. The lowest BCUT2D eigenvalue weighted by atomic mass is 10.2. The molecular weight excluding hydrogens is 308 g/mol. The van der Waals surface area contributed by atoms with E-state index in [4.69, 9.17) is 0 Å². The first kappa shape index (κ1) is 16.1. The van der Waals surface area contributed by atoms with Gasteiger partial charge in [0.2, 0.25) is 11.8 Å². The molecule has 1 aromatic heterocycles. The second kappa shape index (κ2) is 6.77. The van der Waals surface area contributed by atoms with Gasteiger partial charge in [-0.25, -0.2) is 4.68 Å². The second-order valence-electron chi connectivity index (χ2n) is 6.16. The van der Waals surface area contributed by atoms with Crippen molar-refractivity contribution < 1.29 is 9.59 Å². The number of amides is 2. The summed E-state index contributed by atoms with van der Waals surface area (Å²) >= 11 is 0. The fourth-order valence-corrected chi connectivity index (χ4v) is 2.55. The van der Waals surface area contributed by atoms with E-state index in [1.807, 2.05) is 25.1 Å². The van der Waals surface area contributed by atoms with Crippen LogP contribution in [0.3, 0.4) is 0 Å². The Kier molecular flexibility index (Phi) is 4.54. The van der Waals surface area contributed by atoms with Crippen LogP contribution < -0.4 is 10.6 Å². The van der Waals surface area contributed by atoms with Gasteiger partial charge in [0.05, 0.1) is 5.69 Å². The van der Waals surface area contributed by atoms with Crippen LogP contribution in [0.1, 0.15) is 25.3 Å². The Labute approximate surface area is 139 Å². The Bertz CT molecular complexity index is 743. The predicted octanol–water partition coefficient (Wildman–Crippen LogP) is 1.07. The van der Waals surface area contributed by atoms with Crippen LogP contribution in [0.2, 0.25) is 0 Å². The first-order valence-electron chi connectivity index (χ1n) is 7.96. The summed E-state index contributed by atoms with van der Waals surface area (Å²) < 4.78 is 1.54. The fraction of sp³-hybridized carbons (Fsp3) is 0.438. The maximum absolute atomic E-state index is 12.0. The maximum atomic E-state index is 12.0. The number of carbonyl (C=O) groups is 2. The van der Waals surface area contributed by atoms with Gasteiger partial charge in [0.15, 0.2) is 0 Å². The summed E-state index contributed by atoms with van der Waals surface area (Å²) in [4.78, 5) is 23.7. The molecule has 2 amide bonds. The minimum Gasteiger partial charge on any atom is -0.355 e. The standard InChI is InChI=1S/C16H20N6O2/c1-10-3-4-12(8-14(10)22-9-18-20-21-22)19-15(23)5-6-17-16(24)13-7-11(13)2/h3-4,8-9,11,13H,5-7H2,1-2H3,(H,17,24)(H,19,23)/t11-,13+/m1/s1. The molecule has 2 N–H and O–H groups in total. The Morgan fingerprint density at radius 2 is 2.17 bits per heavy atom. The van der Waals surface area contributed by atoms with E-state index in [0.717, 1.165) is 17.7 Å². The molecule has 1 fully saturated rings. The van der Waals surface area contributed by atoms with Crippen molar-refractivity contribution in [3.05, 3.63) is 30.1 Å². The predicted molar refractivity (Wildman–Crippen MR) is 87.4 cm³/mol. The van der Waals surface area contributed by atoms with Crippen molar-refractivity contribution >= 4 is 17.5 Å². The molecule has 2 atom stereocenters. The van der Waals surface area contributed by atoms with E-state index >= 15 is 0 Å². The van der Waals surface area contributed by atoms with Crippen molar-refractivity contribution in [1.29, 1.82) is 0 Å². The number of tetrazole rings is 1. The summed E-state index contributed by atoms with van der Waals surface area (Å²) in [5, 5.41) is 16.7. The van der Waals surface area contributed by atoms with Crippen LogP contribution in [0.5, 0.6) is 0 Å². The summed E-state index contributed by atoms with van der Waals surface area (Å²) in [5.41, 5.74) is 2.46. The van der Waals surface area contributed by atoms with E-state index in [1.54, 1.807) is 4.68 Å². The van der Waals surface area contributed by atoms with Crippen LogP contribution in [0.15, 0.2) is 24.5 Å². The van der Waals surface area contributed by atoms with Crippen molar-refractivity contribution in [3.8, 4) is 5.69 Å². The second-order valence-corrected chi connectivity index (χ2v) is 6.16. The summed E-state index contributed by atoms with van der Waals surface area (Å²) in [7, 11) is 0. The summed E-state index contributed by atoms with van der Waals surface area (Å²) in [5.74, 6) is 0.498. The Morgan fingerprint density at radius 3 is 2.83 bits per heavy atom. The summed E-state index contributed by atoms with van der Waals surface area (Å²) in [6, 6.07) is 5.53. The van der Waals surface area contributed by atoms with Crippen molar-refractivity contribution in [2.45, 2.75) is 26.7 Å². The highest BCUT2D eigenvalue weighted by Crippen LogP contribution is 2.37. The lowest BCUT2D eigenvalue weighted by molar-refractivity contribution is -0.122. The van der Waals surface area contributed by atoms with Crippen molar-refractivity contribution in [2.75, 3.05) is 11.9 Å². The van der Waals surface area contributed by atoms with E-state index in [0.29, 0.717) is 18.2 Å². The molecule has 2 aromatic rings. The van der Waals surface area contributed by atoms with Crippen molar-refractivity contribution in [2.24, 2.45) is 11.8 Å². The average Bonchev–Trinajstić information content (AvgIpc) is 3.06. The number of rotatable bonds is 6. The van der Waals surface area contributed by atoms with E-state index in [2.05, 4.69) is 33.1 Å². The SMILES string of the molecule is Cc1ccc(NC(=O)CCNC(=O)[C@H]2C[C@H]2C)cc1-n1cnnn1. The van der Waals surface area contributed by atoms with E-state index in [1.165, 1.54) is 6.33 Å². The number of benzene rings is 1. The third-order valence-corrected chi connectivity index (χ3v) is 4.19. The highest BCUT2D eigenvalue weighted by Gasteiger charge is 2.38. The number of nitrogens with zero attached hydrogens (tertiary/aromatic N) is 4. The van der Waals surface area contributed by atoms with Gasteiger partial charge in [-0.3, -0.25) is 9.59 Å². The Morgan fingerprint density at radius 1 is 1.38 bits per heavy atom. The Balaban J connectivity index is 1.53. The van der Waals surface area contributed by atoms with Crippen molar-refractivity contribution in [1.82, 2.24) is 25.5 Å². The van der Waals surface area contributed by atoms with Gasteiger partial charge < -0.3 is 10.6 Å². The Hall–Kier alpha value is -2.77. The lowest BCUT2D eigenvalue weighted by Gasteiger charge is -2.10. The van der Waals surface area contributed by atoms with Gasteiger partial charge in [0.25, 0.3) is 0 Å². The van der Waals surface area contributed by atoms with E-state index < -0.39 is 0 Å². The molecule has 1 saturated carbocycles. The van der Waals surface area contributed by atoms with Crippen molar-refractivity contribution in [3.63, 3.8) is 0 Å². The third-order valence-electron chi connectivity index (χ3n) is 4.19. The normalized spacial score (nSPS) is 18.9. The van der Waals surface area contributed by atoms with Crippen LogP contribution in [0.4, 0.5) is 5.69 Å². The van der Waals surface area contributed by atoms with Gasteiger partial charge in [-0.2, -0.15) is 0 Å². The molecule has 0 aliphatic heterocycles. The van der Waals surface area contributed by atoms with Crippen LogP contribution >= 0.6 is 0 Å². The summed E-state index contributed by atoms with van der Waals surface area (Å²) in [6.45, 7) is 4.34. The highest BCUT2D eigenvalue weighted by atomic mass is 16.2. The molecule has 1 aliphatic rings. The van der Waals surface area contributed by atoms with Gasteiger partial charge in [-0.15, -0.1) is 5.10 Å². The number of aryl methyl sites for hydroxylation is 1. The molecule has 8 nitrogen and oxygen atoms in total. The van der Waals surface area contributed by atoms with Crippen LogP contribution in [0, 0.1) is 18.8 Å². The summed E-state index contributed by atoms with van der Waals surface area (Å²) in [6.07, 6.45) is 2.69. The number of aromatic nitrogens is 4. The molecular formula is C16H20N6O2. The molecule has 1 aliphatic carbocycles. The highest BCUT2D eigenvalue weighted by molar-refractivity contribution is 5.91. The minimum atomic E-state index is -0.148. The number of hydrogen-bond acceptors (Lipinski definition) is 5. The van der Waals surface area contributed by atoms with Crippen LogP contribution in [0.25, 0.3) is 5.69 Å². The third kappa shape index (κ3) is 3.76. The molecule has 0 saturated heterocycles. The van der Waals surface area contributed by atoms with Gasteiger partial charge in [0, 0.05) is 24.6 Å². The zero-order chi connectivity index (χ0) is 17.1. The molecule has 0 unspecified atom stereocenters. The molecule has 0 bridgehead atoms. The molecule has 1 heterocycles. The van der Waals surface area contributed by atoms with Crippen LogP contribution in [-0.4, -0.2) is 38.6 Å². The van der Waals surface area contributed by atoms with Crippen LogP contribution in [-0.2, 0) is 9.59 Å².